The molecule has 0 aromatic carbocycles. The zero-order chi connectivity index (χ0) is 11.5. The number of rotatable bonds is 4. The number of hydroxylamine groups is 2. The summed E-state index contributed by atoms with van der Waals surface area (Å²) in [4.78, 5) is 26.3. The molecule has 90 valence electrons. The molecule has 1 unspecified atom stereocenters. The van der Waals surface area contributed by atoms with E-state index in [0.29, 0.717) is 26.2 Å². The van der Waals surface area contributed by atoms with Crippen LogP contribution in [0.25, 0.3) is 0 Å². The zero-order valence-electron chi connectivity index (χ0n) is 7.94. The summed E-state index contributed by atoms with van der Waals surface area (Å²) in [5, 5.41) is 4.25. The molecule has 0 aliphatic carbocycles. The molecule has 0 radical (unpaired) electrons. The van der Waals surface area contributed by atoms with Crippen molar-refractivity contribution in [1.82, 2.24) is 10.4 Å². The molecule has 0 aromatic rings. The Hall–Kier alpha value is 0.220. The molecular formula is C5H14N2O6P2. The van der Waals surface area contributed by atoms with E-state index < -0.39 is 21.1 Å². The van der Waals surface area contributed by atoms with E-state index in [4.69, 9.17) is 9.79 Å². The lowest BCUT2D eigenvalue weighted by atomic mass is 10.4. The fraction of sp³-hybridized carbons (Fsp3) is 1.00. The third-order valence-corrected chi connectivity index (χ3v) is 5.07. The van der Waals surface area contributed by atoms with Gasteiger partial charge in [-0.1, -0.05) is 0 Å². The second-order valence-corrected chi connectivity index (χ2v) is 7.10. The van der Waals surface area contributed by atoms with Gasteiger partial charge in [0.15, 0.2) is 5.90 Å². The molecule has 1 saturated heterocycles. The highest BCUT2D eigenvalue weighted by Crippen LogP contribution is 2.55. The van der Waals surface area contributed by atoms with Crippen LogP contribution in [-0.2, 0) is 13.8 Å². The number of nitrogens with zero attached hydrogens (tertiary/aromatic N) is 1. The molecule has 8 nitrogen and oxygen atoms in total. The van der Waals surface area contributed by atoms with Crippen LogP contribution in [0.1, 0.15) is 0 Å². The Bertz CT molecular complexity index is 298. The maximum absolute atomic E-state index is 11.3. The van der Waals surface area contributed by atoms with Crippen LogP contribution in [0.15, 0.2) is 0 Å². The van der Waals surface area contributed by atoms with Crippen LogP contribution >= 0.6 is 15.2 Å². The third kappa shape index (κ3) is 5.75. The van der Waals surface area contributed by atoms with Crippen LogP contribution in [-0.4, -0.2) is 51.8 Å². The SMILES string of the molecule is O=P(O)(O)CP(=O)(O)ON1CCNCC1. The van der Waals surface area contributed by atoms with Crippen molar-refractivity contribution < 1.29 is 28.4 Å². The van der Waals surface area contributed by atoms with Crippen LogP contribution in [0.2, 0.25) is 0 Å². The molecule has 1 atom stereocenters. The molecule has 15 heavy (non-hydrogen) atoms. The molecule has 0 amide bonds. The molecular weight excluding hydrogens is 246 g/mol. The Kier molecular flexibility index (Phi) is 4.46. The summed E-state index contributed by atoms with van der Waals surface area (Å²) in [7, 11) is -8.78. The lowest BCUT2D eigenvalue weighted by Gasteiger charge is -2.27. The Morgan fingerprint density at radius 2 is 1.73 bits per heavy atom. The Morgan fingerprint density at radius 3 is 2.20 bits per heavy atom. The Morgan fingerprint density at radius 1 is 1.20 bits per heavy atom. The van der Waals surface area contributed by atoms with Gasteiger partial charge in [-0.05, 0) is 0 Å². The van der Waals surface area contributed by atoms with E-state index in [1.54, 1.807) is 0 Å². The lowest BCUT2D eigenvalue weighted by molar-refractivity contribution is -0.0738. The first kappa shape index (κ1) is 13.3. The Balaban J connectivity index is 2.47. The van der Waals surface area contributed by atoms with Gasteiger partial charge in [0.2, 0.25) is 0 Å². The van der Waals surface area contributed by atoms with Gasteiger partial charge in [0.1, 0.15) is 0 Å². The predicted molar refractivity (Wildman–Crippen MR) is 52.3 cm³/mol. The normalized spacial score (nSPS) is 23.7. The summed E-state index contributed by atoms with van der Waals surface area (Å²) in [5.74, 6) is -1.15. The summed E-state index contributed by atoms with van der Waals surface area (Å²) < 4.78 is 26.5. The van der Waals surface area contributed by atoms with Gasteiger partial charge in [0.05, 0.1) is 0 Å². The monoisotopic (exact) mass is 260 g/mol. The van der Waals surface area contributed by atoms with Crippen LogP contribution in [0.4, 0.5) is 0 Å². The van der Waals surface area contributed by atoms with Gasteiger partial charge in [0, 0.05) is 26.2 Å². The van der Waals surface area contributed by atoms with E-state index in [9.17, 15) is 14.0 Å². The maximum atomic E-state index is 11.3. The number of hydrogen-bond acceptors (Lipinski definition) is 5. The smallest absolute Gasteiger partial charge is 0.324 e. The second-order valence-electron chi connectivity index (χ2n) is 3.20. The molecule has 0 spiro atoms. The number of hydrogen-bond donors (Lipinski definition) is 4. The first-order valence-corrected chi connectivity index (χ1v) is 7.86. The molecule has 0 saturated carbocycles. The van der Waals surface area contributed by atoms with Gasteiger partial charge in [-0.3, -0.25) is 9.13 Å². The third-order valence-electron chi connectivity index (χ3n) is 1.68. The topological polar surface area (TPSA) is 119 Å². The summed E-state index contributed by atoms with van der Waals surface area (Å²) in [5.41, 5.74) is 0. The summed E-state index contributed by atoms with van der Waals surface area (Å²) in [6.45, 7) is 2.03. The minimum atomic E-state index is -4.54. The molecule has 10 heteroatoms. The summed E-state index contributed by atoms with van der Waals surface area (Å²) in [6.07, 6.45) is 0. The van der Waals surface area contributed by atoms with Crippen molar-refractivity contribution in [2.45, 2.75) is 0 Å². The van der Waals surface area contributed by atoms with Crippen molar-refractivity contribution >= 4 is 15.2 Å². The average molecular weight is 260 g/mol. The fourth-order valence-corrected chi connectivity index (χ4v) is 3.76. The van der Waals surface area contributed by atoms with Crippen molar-refractivity contribution in [2.75, 3.05) is 32.1 Å². The minimum absolute atomic E-state index is 0.408. The molecule has 4 N–H and O–H groups in total. The summed E-state index contributed by atoms with van der Waals surface area (Å²) >= 11 is 0. The second kappa shape index (κ2) is 5.03. The van der Waals surface area contributed by atoms with Gasteiger partial charge >= 0.3 is 15.2 Å². The van der Waals surface area contributed by atoms with Crippen LogP contribution in [0, 0.1) is 0 Å². The van der Waals surface area contributed by atoms with E-state index in [0.717, 1.165) is 0 Å². The largest absolute Gasteiger partial charge is 0.356 e. The highest BCUT2D eigenvalue weighted by atomic mass is 31.2. The van der Waals surface area contributed by atoms with Crippen molar-refractivity contribution in [3.05, 3.63) is 0 Å². The lowest BCUT2D eigenvalue weighted by Crippen LogP contribution is -2.42. The highest BCUT2D eigenvalue weighted by Gasteiger charge is 2.33. The van der Waals surface area contributed by atoms with E-state index in [1.165, 1.54) is 5.06 Å². The molecule has 1 rings (SSSR count). The standard InChI is InChI=1S/C5H14N2O6P2/c8-14(9,10)5-15(11,12)13-7-3-1-6-2-4-7/h6H,1-5H2,(H,11,12)(H2,8,9,10). The van der Waals surface area contributed by atoms with Crippen molar-refractivity contribution in [2.24, 2.45) is 0 Å². The molecule has 0 aromatic heterocycles. The predicted octanol–water partition coefficient (Wildman–Crippen LogP) is -0.856. The highest BCUT2D eigenvalue weighted by molar-refractivity contribution is 7.69. The summed E-state index contributed by atoms with van der Waals surface area (Å²) in [6, 6.07) is 0. The van der Waals surface area contributed by atoms with E-state index >= 15 is 0 Å². The number of piperazine rings is 1. The Labute approximate surface area is 86.9 Å². The molecule has 0 bridgehead atoms. The zero-order valence-corrected chi connectivity index (χ0v) is 9.73. The van der Waals surface area contributed by atoms with Gasteiger partial charge < -0.3 is 20.0 Å². The van der Waals surface area contributed by atoms with Crippen LogP contribution < -0.4 is 5.32 Å². The first-order chi connectivity index (χ1) is 6.79. The van der Waals surface area contributed by atoms with E-state index in [2.05, 4.69) is 9.94 Å². The first-order valence-electron chi connectivity index (χ1n) is 4.30. The van der Waals surface area contributed by atoms with E-state index in [1.807, 2.05) is 0 Å². The molecule has 1 heterocycles. The van der Waals surface area contributed by atoms with Gasteiger partial charge in [-0.2, -0.15) is 5.06 Å². The van der Waals surface area contributed by atoms with Crippen LogP contribution in [0.5, 0.6) is 0 Å². The minimum Gasteiger partial charge on any atom is -0.324 e. The van der Waals surface area contributed by atoms with Gasteiger partial charge in [-0.25, -0.2) is 4.62 Å². The maximum Gasteiger partial charge on any atom is 0.356 e. The van der Waals surface area contributed by atoms with Crippen LogP contribution in [0.3, 0.4) is 0 Å². The molecule has 1 aliphatic heterocycles. The van der Waals surface area contributed by atoms with Crippen molar-refractivity contribution in [3.63, 3.8) is 0 Å². The van der Waals surface area contributed by atoms with Gasteiger partial charge in [-0.15, -0.1) is 0 Å². The average Bonchev–Trinajstić information content (AvgIpc) is 1.99. The molecule has 1 aliphatic rings. The number of nitrogens with one attached hydrogen (secondary N) is 1. The quantitative estimate of drug-likeness (QED) is 0.482. The van der Waals surface area contributed by atoms with Crippen molar-refractivity contribution in [3.8, 4) is 0 Å². The fourth-order valence-electron chi connectivity index (χ4n) is 1.17. The molecule has 1 fully saturated rings. The van der Waals surface area contributed by atoms with E-state index in [-0.39, 0.29) is 0 Å². The van der Waals surface area contributed by atoms with Gasteiger partial charge in [0.25, 0.3) is 0 Å². The van der Waals surface area contributed by atoms with Crippen molar-refractivity contribution in [1.29, 1.82) is 0 Å².